The molecular formula is C22H25NO5. The van der Waals surface area contributed by atoms with Crippen LogP contribution in [0.5, 0.6) is 5.75 Å². The number of hydrogen-bond donors (Lipinski definition) is 2. The Labute approximate surface area is 164 Å². The Morgan fingerprint density at radius 3 is 2.64 bits per heavy atom. The molecule has 1 atom stereocenters. The van der Waals surface area contributed by atoms with Crippen LogP contribution in [0.15, 0.2) is 35.6 Å². The van der Waals surface area contributed by atoms with E-state index in [1.807, 2.05) is 18.2 Å². The van der Waals surface area contributed by atoms with Crippen molar-refractivity contribution in [1.82, 2.24) is 4.90 Å². The zero-order chi connectivity index (χ0) is 19.9. The zero-order valence-corrected chi connectivity index (χ0v) is 16.0. The Kier molecular flexibility index (Phi) is 4.75. The zero-order valence-electron chi connectivity index (χ0n) is 16.0. The Bertz CT molecular complexity index is 900. The summed E-state index contributed by atoms with van der Waals surface area (Å²) in [5.74, 6) is -0.865. The van der Waals surface area contributed by atoms with Gasteiger partial charge in [0.05, 0.1) is 13.2 Å². The smallest absolute Gasteiger partial charge is 0.326 e. The number of esters is 1. The number of hydrogen-bond acceptors (Lipinski definition) is 5. The summed E-state index contributed by atoms with van der Waals surface area (Å²) in [5.41, 5.74) is 2.55. The molecule has 148 valence electrons. The molecule has 1 aromatic carbocycles. The molecule has 1 fully saturated rings. The summed E-state index contributed by atoms with van der Waals surface area (Å²) in [4.78, 5) is 27.1. The van der Waals surface area contributed by atoms with Crippen molar-refractivity contribution < 1.29 is 24.5 Å². The number of aliphatic hydroxyl groups excluding tert-OH is 1. The number of phenolic OH excluding ortho intramolecular Hbond substituents is 1. The first-order chi connectivity index (χ1) is 13.5. The van der Waals surface area contributed by atoms with Crippen LogP contribution in [-0.2, 0) is 32.6 Å². The molecule has 1 heterocycles. The second-order valence-electron chi connectivity index (χ2n) is 7.54. The van der Waals surface area contributed by atoms with Crippen LogP contribution in [0.1, 0.15) is 42.9 Å². The Balaban J connectivity index is 1.84. The van der Waals surface area contributed by atoms with Gasteiger partial charge >= 0.3 is 5.97 Å². The number of phenols is 1. The number of nitrogens with zero attached hydrogens (tertiary/aromatic N) is 1. The molecule has 1 unspecified atom stereocenters. The van der Waals surface area contributed by atoms with Gasteiger partial charge in [0, 0.05) is 11.3 Å². The number of aryl methyl sites for hydroxylation is 2. The lowest BCUT2D eigenvalue weighted by Gasteiger charge is -2.28. The normalized spacial score (nSPS) is 23.2. The van der Waals surface area contributed by atoms with Gasteiger partial charge in [-0.2, -0.15) is 0 Å². The van der Waals surface area contributed by atoms with Gasteiger partial charge in [-0.1, -0.05) is 18.2 Å². The van der Waals surface area contributed by atoms with Crippen molar-refractivity contribution in [2.45, 2.75) is 44.4 Å². The number of benzene rings is 1. The highest BCUT2D eigenvalue weighted by molar-refractivity contribution is 6.01. The third kappa shape index (κ3) is 2.66. The largest absolute Gasteiger partial charge is 0.508 e. The van der Waals surface area contributed by atoms with E-state index in [0.717, 1.165) is 43.2 Å². The maximum Gasteiger partial charge on any atom is 0.326 e. The number of aliphatic hydroxyl groups is 1. The highest BCUT2D eigenvalue weighted by Crippen LogP contribution is 2.50. The first-order valence-electron chi connectivity index (χ1n) is 9.87. The van der Waals surface area contributed by atoms with E-state index in [9.17, 15) is 19.8 Å². The molecule has 0 radical (unpaired) electrons. The van der Waals surface area contributed by atoms with Crippen molar-refractivity contribution in [3.8, 4) is 5.75 Å². The molecule has 6 nitrogen and oxygen atoms in total. The summed E-state index contributed by atoms with van der Waals surface area (Å²) in [6.45, 7) is 1.28. The molecule has 3 aliphatic rings. The molecule has 0 aromatic heterocycles. The number of likely N-dealkylation sites (tertiary alicyclic amines) is 1. The molecule has 0 spiro atoms. The highest BCUT2D eigenvalue weighted by Gasteiger charge is 2.56. The van der Waals surface area contributed by atoms with E-state index >= 15 is 0 Å². The predicted molar refractivity (Wildman–Crippen MR) is 103 cm³/mol. The first kappa shape index (κ1) is 18.7. The lowest BCUT2D eigenvalue weighted by molar-refractivity contribution is -0.148. The molecule has 2 N–H and O–H groups in total. The van der Waals surface area contributed by atoms with Gasteiger partial charge in [0.15, 0.2) is 0 Å². The number of amides is 1. The molecule has 4 rings (SSSR count). The van der Waals surface area contributed by atoms with Gasteiger partial charge in [-0.25, -0.2) is 0 Å². The molecular weight excluding hydrogens is 358 g/mol. The van der Waals surface area contributed by atoms with Crippen LogP contribution < -0.4 is 0 Å². The summed E-state index contributed by atoms with van der Waals surface area (Å²) in [7, 11) is 0. The van der Waals surface area contributed by atoms with E-state index in [-0.39, 0.29) is 18.9 Å². The third-order valence-corrected chi connectivity index (χ3v) is 5.99. The van der Waals surface area contributed by atoms with Crippen LogP contribution >= 0.6 is 0 Å². The van der Waals surface area contributed by atoms with Crippen LogP contribution in [0.2, 0.25) is 0 Å². The fraction of sp³-hybridized carbons (Fsp3) is 0.455. The van der Waals surface area contributed by atoms with Crippen molar-refractivity contribution >= 4 is 11.9 Å². The van der Waals surface area contributed by atoms with Crippen LogP contribution in [-0.4, -0.2) is 46.7 Å². The fourth-order valence-corrected chi connectivity index (χ4v) is 4.71. The highest BCUT2D eigenvalue weighted by atomic mass is 16.5. The van der Waals surface area contributed by atoms with Crippen LogP contribution in [0.3, 0.4) is 0 Å². The van der Waals surface area contributed by atoms with Gasteiger partial charge in [0.1, 0.15) is 17.7 Å². The van der Waals surface area contributed by atoms with E-state index in [4.69, 9.17) is 4.74 Å². The van der Waals surface area contributed by atoms with Crippen LogP contribution in [0.25, 0.3) is 0 Å². The number of carbonyl (C=O) groups excluding carboxylic acids is 2. The fourth-order valence-electron chi connectivity index (χ4n) is 4.71. The summed E-state index contributed by atoms with van der Waals surface area (Å²) >= 11 is 0. The van der Waals surface area contributed by atoms with Crippen molar-refractivity contribution in [2.75, 3.05) is 19.8 Å². The monoisotopic (exact) mass is 383 g/mol. The molecule has 1 aromatic rings. The minimum absolute atomic E-state index is 0.0202. The molecule has 1 saturated heterocycles. The number of allylic oxidation sites excluding steroid dienone is 3. The molecule has 1 aliphatic heterocycles. The summed E-state index contributed by atoms with van der Waals surface area (Å²) in [6.07, 6.45) is 8.19. The lowest BCUT2D eigenvalue weighted by atomic mass is 9.73. The Morgan fingerprint density at radius 2 is 1.93 bits per heavy atom. The van der Waals surface area contributed by atoms with Gasteiger partial charge in [-0.05, 0) is 61.8 Å². The van der Waals surface area contributed by atoms with Crippen molar-refractivity contribution in [3.63, 3.8) is 0 Å². The standard InChI is InChI=1S/C22H25NO5/c1-2-28-20(26)12-23-18-9-4-3-8-16(18)22(13-24,21(23)27)17-10-14-6-5-7-15(14)11-19(17)25/h8-11,24-25H,2-7,12-13H2,1H3. The predicted octanol–water partition coefficient (Wildman–Crippen LogP) is 2.12. The Hall–Kier alpha value is -2.60. The number of fused-ring (bicyclic) bond motifs is 2. The van der Waals surface area contributed by atoms with Crippen molar-refractivity contribution in [2.24, 2.45) is 0 Å². The minimum Gasteiger partial charge on any atom is -0.508 e. The number of rotatable bonds is 5. The van der Waals surface area contributed by atoms with Crippen LogP contribution in [0, 0.1) is 0 Å². The number of ether oxygens (including phenoxy) is 1. The average Bonchev–Trinajstić information content (AvgIpc) is 3.23. The maximum absolute atomic E-state index is 13.6. The van der Waals surface area contributed by atoms with Crippen LogP contribution in [0.4, 0.5) is 0 Å². The van der Waals surface area contributed by atoms with Crippen molar-refractivity contribution in [1.29, 1.82) is 0 Å². The summed E-state index contributed by atoms with van der Waals surface area (Å²) in [6, 6.07) is 3.59. The van der Waals surface area contributed by atoms with Gasteiger partial charge in [-0.3, -0.25) is 9.59 Å². The van der Waals surface area contributed by atoms with E-state index in [2.05, 4.69) is 0 Å². The second-order valence-corrected chi connectivity index (χ2v) is 7.54. The minimum atomic E-state index is -1.39. The van der Waals surface area contributed by atoms with E-state index in [1.54, 1.807) is 13.0 Å². The van der Waals surface area contributed by atoms with E-state index < -0.39 is 23.9 Å². The van der Waals surface area contributed by atoms with Crippen molar-refractivity contribution in [3.05, 3.63) is 52.2 Å². The molecule has 28 heavy (non-hydrogen) atoms. The molecule has 0 saturated carbocycles. The maximum atomic E-state index is 13.6. The number of aromatic hydroxyl groups is 1. The Morgan fingerprint density at radius 1 is 1.21 bits per heavy atom. The summed E-state index contributed by atoms with van der Waals surface area (Å²) < 4.78 is 5.03. The van der Waals surface area contributed by atoms with Gasteiger partial charge < -0.3 is 19.8 Å². The SMILES string of the molecule is CCOC(=O)CN1C(=O)C(CO)(c2cc3c(cc2O)CCC3)C2=CCCC=C21. The van der Waals surface area contributed by atoms with Gasteiger partial charge in [0.2, 0.25) is 5.91 Å². The third-order valence-electron chi connectivity index (χ3n) is 5.99. The average molecular weight is 383 g/mol. The van der Waals surface area contributed by atoms with E-state index in [0.29, 0.717) is 16.8 Å². The molecule has 0 bridgehead atoms. The second kappa shape index (κ2) is 7.09. The summed E-state index contributed by atoms with van der Waals surface area (Å²) in [5, 5.41) is 21.2. The van der Waals surface area contributed by atoms with Gasteiger partial charge in [0.25, 0.3) is 0 Å². The van der Waals surface area contributed by atoms with E-state index in [1.165, 1.54) is 4.90 Å². The quantitative estimate of drug-likeness (QED) is 0.761. The lowest BCUT2D eigenvalue weighted by Crippen LogP contribution is -2.43. The first-order valence-corrected chi connectivity index (χ1v) is 9.87. The topological polar surface area (TPSA) is 87.1 Å². The molecule has 1 amide bonds. The number of carbonyl (C=O) groups is 2. The molecule has 2 aliphatic carbocycles. The van der Waals surface area contributed by atoms with Gasteiger partial charge in [-0.15, -0.1) is 0 Å². The molecule has 6 heteroatoms.